The maximum Gasteiger partial charge on any atom is 0.227 e. The number of carbonyl (C=O) groups is 1. The zero-order chi connectivity index (χ0) is 10.7. The van der Waals surface area contributed by atoms with E-state index in [-0.39, 0.29) is 5.91 Å². The van der Waals surface area contributed by atoms with Crippen molar-refractivity contribution in [3.63, 3.8) is 0 Å². The van der Waals surface area contributed by atoms with Crippen LogP contribution in [0.15, 0.2) is 24.3 Å². The van der Waals surface area contributed by atoms with Gasteiger partial charge in [-0.25, -0.2) is 0 Å². The number of para-hydroxylation sites is 1. The van der Waals surface area contributed by atoms with Crippen LogP contribution >= 0.6 is 0 Å². The van der Waals surface area contributed by atoms with Gasteiger partial charge in [-0.1, -0.05) is 18.2 Å². The standard InChI is InChI=1S/C12H16N2O/c13-11-6-2-1-5-10(11)9-12(15)14-7-3-4-8-14/h1-2,5-6H,3-4,7-9,13H2. The van der Waals surface area contributed by atoms with Gasteiger partial charge in [0.15, 0.2) is 0 Å². The molecule has 0 spiro atoms. The minimum Gasteiger partial charge on any atom is -0.398 e. The van der Waals surface area contributed by atoms with E-state index in [1.54, 1.807) is 0 Å². The molecule has 1 aliphatic rings. The van der Waals surface area contributed by atoms with E-state index >= 15 is 0 Å². The third kappa shape index (κ3) is 2.29. The van der Waals surface area contributed by atoms with Gasteiger partial charge in [0.25, 0.3) is 0 Å². The third-order valence-electron chi connectivity index (χ3n) is 2.86. The number of hydrogen-bond donors (Lipinski definition) is 1. The summed E-state index contributed by atoms with van der Waals surface area (Å²) in [6.07, 6.45) is 2.71. The molecule has 1 aliphatic heterocycles. The monoisotopic (exact) mass is 204 g/mol. The molecule has 0 saturated carbocycles. The lowest BCUT2D eigenvalue weighted by molar-refractivity contribution is -0.129. The highest BCUT2D eigenvalue weighted by Crippen LogP contribution is 2.14. The van der Waals surface area contributed by atoms with Crippen molar-refractivity contribution < 1.29 is 4.79 Å². The van der Waals surface area contributed by atoms with E-state index in [0.29, 0.717) is 12.1 Å². The van der Waals surface area contributed by atoms with Crippen LogP contribution in [0.25, 0.3) is 0 Å². The smallest absolute Gasteiger partial charge is 0.227 e. The molecule has 0 aliphatic carbocycles. The molecule has 0 atom stereocenters. The zero-order valence-electron chi connectivity index (χ0n) is 8.78. The van der Waals surface area contributed by atoms with Gasteiger partial charge >= 0.3 is 0 Å². The van der Waals surface area contributed by atoms with Gasteiger partial charge in [0, 0.05) is 18.8 Å². The topological polar surface area (TPSA) is 46.3 Å². The fourth-order valence-corrected chi connectivity index (χ4v) is 1.94. The summed E-state index contributed by atoms with van der Waals surface area (Å²) >= 11 is 0. The molecule has 3 nitrogen and oxygen atoms in total. The van der Waals surface area contributed by atoms with Gasteiger partial charge in [0.2, 0.25) is 5.91 Å². The van der Waals surface area contributed by atoms with Crippen LogP contribution < -0.4 is 5.73 Å². The average Bonchev–Trinajstić information content (AvgIpc) is 2.74. The van der Waals surface area contributed by atoms with E-state index in [9.17, 15) is 4.79 Å². The fourth-order valence-electron chi connectivity index (χ4n) is 1.94. The first-order valence-electron chi connectivity index (χ1n) is 5.38. The van der Waals surface area contributed by atoms with Crippen LogP contribution in [0.1, 0.15) is 18.4 Å². The molecule has 0 bridgehead atoms. The molecule has 3 heteroatoms. The molecule has 80 valence electrons. The Morgan fingerprint density at radius 2 is 1.93 bits per heavy atom. The molecule has 0 aromatic heterocycles. The van der Waals surface area contributed by atoms with Crippen LogP contribution in [0.2, 0.25) is 0 Å². The highest BCUT2D eigenvalue weighted by molar-refractivity contribution is 5.80. The predicted octanol–water partition coefficient (Wildman–Crippen LogP) is 1.43. The molecule has 1 saturated heterocycles. The SMILES string of the molecule is Nc1ccccc1CC(=O)N1CCCC1. The molecular formula is C12H16N2O. The number of rotatable bonds is 2. The average molecular weight is 204 g/mol. The first kappa shape index (κ1) is 10.0. The zero-order valence-corrected chi connectivity index (χ0v) is 8.78. The Morgan fingerprint density at radius 3 is 2.60 bits per heavy atom. The summed E-state index contributed by atoms with van der Waals surface area (Å²) in [5.74, 6) is 0.199. The number of carbonyl (C=O) groups excluding carboxylic acids is 1. The molecule has 0 radical (unpaired) electrons. The third-order valence-corrected chi connectivity index (χ3v) is 2.86. The Balaban J connectivity index is 2.02. The second-order valence-corrected chi connectivity index (χ2v) is 3.96. The van der Waals surface area contributed by atoms with Crippen molar-refractivity contribution in [3.8, 4) is 0 Å². The number of hydrogen-bond acceptors (Lipinski definition) is 2. The Kier molecular flexibility index (Phi) is 2.90. The number of likely N-dealkylation sites (tertiary alicyclic amines) is 1. The normalized spacial score (nSPS) is 15.6. The molecule has 1 amide bonds. The van der Waals surface area contributed by atoms with E-state index in [2.05, 4.69) is 0 Å². The van der Waals surface area contributed by atoms with E-state index in [0.717, 1.165) is 31.5 Å². The number of benzene rings is 1. The molecule has 15 heavy (non-hydrogen) atoms. The van der Waals surface area contributed by atoms with Gasteiger partial charge in [-0.2, -0.15) is 0 Å². The van der Waals surface area contributed by atoms with E-state index < -0.39 is 0 Å². The minimum atomic E-state index is 0.199. The van der Waals surface area contributed by atoms with Crippen LogP contribution in [0, 0.1) is 0 Å². The van der Waals surface area contributed by atoms with Gasteiger partial charge in [-0.3, -0.25) is 4.79 Å². The Morgan fingerprint density at radius 1 is 1.27 bits per heavy atom. The molecule has 0 unspecified atom stereocenters. The Hall–Kier alpha value is -1.51. The summed E-state index contributed by atoms with van der Waals surface area (Å²) in [6.45, 7) is 1.82. The van der Waals surface area contributed by atoms with Gasteiger partial charge in [0.1, 0.15) is 0 Å². The maximum absolute atomic E-state index is 11.8. The molecule has 1 aromatic carbocycles. The van der Waals surface area contributed by atoms with Crippen molar-refractivity contribution in [1.82, 2.24) is 4.90 Å². The van der Waals surface area contributed by atoms with Gasteiger partial charge in [-0.15, -0.1) is 0 Å². The summed E-state index contributed by atoms with van der Waals surface area (Å²) in [6, 6.07) is 7.57. The van der Waals surface area contributed by atoms with Crippen molar-refractivity contribution in [2.75, 3.05) is 18.8 Å². The first-order chi connectivity index (χ1) is 7.27. The number of nitrogen functional groups attached to an aromatic ring is 1. The van der Waals surface area contributed by atoms with Gasteiger partial charge in [-0.05, 0) is 24.5 Å². The van der Waals surface area contributed by atoms with Crippen molar-refractivity contribution in [3.05, 3.63) is 29.8 Å². The first-order valence-corrected chi connectivity index (χ1v) is 5.38. The van der Waals surface area contributed by atoms with Crippen LogP contribution in [0.3, 0.4) is 0 Å². The summed E-state index contributed by atoms with van der Waals surface area (Å²) in [5, 5.41) is 0. The Bertz CT molecular complexity index is 356. The van der Waals surface area contributed by atoms with E-state index in [1.807, 2.05) is 29.2 Å². The van der Waals surface area contributed by atoms with Crippen LogP contribution in [-0.2, 0) is 11.2 Å². The maximum atomic E-state index is 11.8. The quantitative estimate of drug-likeness (QED) is 0.741. The fraction of sp³-hybridized carbons (Fsp3) is 0.417. The largest absolute Gasteiger partial charge is 0.398 e. The second-order valence-electron chi connectivity index (χ2n) is 3.96. The molecule has 1 aromatic rings. The van der Waals surface area contributed by atoms with E-state index in [1.165, 1.54) is 0 Å². The highest BCUT2D eigenvalue weighted by Gasteiger charge is 2.18. The van der Waals surface area contributed by atoms with Gasteiger partial charge in [0.05, 0.1) is 6.42 Å². The summed E-state index contributed by atoms with van der Waals surface area (Å²) < 4.78 is 0. The van der Waals surface area contributed by atoms with Crippen molar-refractivity contribution in [2.45, 2.75) is 19.3 Å². The number of nitrogens with two attached hydrogens (primary N) is 1. The summed E-state index contributed by atoms with van der Waals surface area (Å²) in [4.78, 5) is 13.8. The second kappa shape index (κ2) is 4.34. The lowest BCUT2D eigenvalue weighted by Gasteiger charge is -2.15. The molecule has 1 fully saturated rings. The molecular weight excluding hydrogens is 188 g/mol. The Labute approximate surface area is 89.9 Å². The summed E-state index contributed by atoms with van der Waals surface area (Å²) in [5.41, 5.74) is 7.45. The van der Waals surface area contributed by atoms with Crippen LogP contribution in [0.5, 0.6) is 0 Å². The van der Waals surface area contributed by atoms with E-state index in [4.69, 9.17) is 5.73 Å². The molecule has 2 rings (SSSR count). The van der Waals surface area contributed by atoms with Crippen molar-refractivity contribution in [1.29, 1.82) is 0 Å². The number of anilines is 1. The van der Waals surface area contributed by atoms with Crippen LogP contribution in [0.4, 0.5) is 5.69 Å². The minimum absolute atomic E-state index is 0.199. The summed E-state index contributed by atoms with van der Waals surface area (Å²) in [7, 11) is 0. The van der Waals surface area contributed by atoms with Gasteiger partial charge < -0.3 is 10.6 Å². The van der Waals surface area contributed by atoms with Crippen LogP contribution in [-0.4, -0.2) is 23.9 Å². The number of amides is 1. The molecule has 1 heterocycles. The predicted molar refractivity (Wildman–Crippen MR) is 60.4 cm³/mol. The highest BCUT2D eigenvalue weighted by atomic mass is 16.2. The molecule has 2 N–H and O–H groups in total. The van der Waals surface area contributed by atoms with Crippen molar-refractivity contribution >= 4 is 11.6 Å². The lowest BCUT2D eigenvalue weighted by Crippen LogP contribution is -2.29. The lowest BCUT2D eigenvalue weighted by atomic mass is 10.1. The number of nitrogens with zero attached hydrogens (tertiary/aromatic N) is 1. The van der Waals surface area contributed by atoms with Crippen molar-refractivity contribution in [2.24, 2.45) is 0 Å².